The van der Waals surface area contributed by atoms with Crippen LogP contribution in [0, 0.1) is 0 Å². The molecule has 63 heavy (non-hydrogen) atoms. The molecule has 0 bridgehead atoms. The number of aromatic hydroxyl groups is 1. The number of phenols is 1. The van der Waals surface area contributed by atoms with Crippen LogP contribution in [0.5, 0.6) is 17.2 Å². The molecule has 2 rings (SSSR count). The van der Waals surface area contributed by atoms with Crippen molar-refractivity contribution < 1.29 is 24.2 Å². The molecule has 2 aromatic carbocycles. The maximum absolute atomic E-state index is 12.5. The van der Waals surface area contributed by atoms with Crippen LogP contribution >= 0.6 is 0 Å². The number of ether oxygens (including phenoxy) is 2. The standard InChI is InChI=1S/C58H96O5/c1-3-5-7-9-11-13-15-17-19-21-23-25-27-29-31-33-35-37-39-41-57(60)62-55-47-45-52(46-48-55)43-44-53-49-54(59)51-56(50-53)63-58(61)42-40-38-36-34-32-30-28-26-24-22-20-18-16-14-12-10-8-6-4-2/h43-51,59H,3-42H2,1-2H3. The monoisotopic (exact) mass is 873 g/mol. The topological polar surface area (TPSA) is 72.8 Å². The summed E-state index contributed by atoms with van der Waals surface area (Å²) in [5.74, 6) is 0.512. The lowest BCUT2D eigenvalue weighted by molar-refractivity contribution is -0.135. The zero-order valence-electron chi connectivity index (χ0n) is 41.1. The van der Waals surface area contributed by atoms with Gasteiger partial charge in [-0.05, 0) is 48.2 Å². The van der Waals surface area contributed by atoms with Crippen LogP contribution in [0.1, 0.15) is 282 Å². The highest BCUT2D eigenvalue weighted by Gasteiger charge is 2.08. The van der Waals surface area contributed by atoms with E-state index in [1.54, 1.807) is 12.1 Å². The second kappa shape index (κ2) is 41.6. The van der Waals surface area contributed by atoms with Crippen LogP contribution in [0.25, 0.3) is 12.2 Å². The number of rotatable bonds is 44. The molecule has 0 saturated heterocycles. The van der Waals surface area contributed by atoms with Gasteiger partial charge in [-0.2, -0.15) is 0 Å². The SMILES string of the molecule is CCCCCCCCCCCCCCCCCCCCCC(=O)Oc1ccc(C=Cc2cc(O)cc(OC(=O)CCCCCCCCCCCCCCCCCCCCC)c2)cc1. The highest BCUT2D eigenvalue weighted by Crippen LogP contribution is 2.25. The molecule has 0 heterocycles. The number of carbonyl (C=O) groups excluding carboxylic acids is 2. The molecule has 2 aromatic rings. The lowest BCUT2D eigenvalue weighted by Gasteiger charge is -2.07. The Labute approximate surface area is 388 Å². The number of phenolic OH excluding ortho intramolecular Hbond substituents is 1. The number of esters is 2. The molecule has 5 heteroatoms. The van der Waals surface area contributed by atoms with Gasteiger partial charge in [0.25, 0.3) is 0 Å². The summed E-state index contributed by atoms with van der Waals surface area (Å²) in [6.45, 7) is 4.57. The van der Waals surface area contributed by atoms with Crippen molar-refractivity contribution in [2.75, 3.05) is 0 Å². The largest absolute Gasteiger partial charge is 0.508 e. The van der Waals surface area contributed by atoms with Gasteiger partial charge in [0.05, 0.1) is 0 Å². The molecule has 0 radical (unpaired) electrons. The zero-order valence-corrected chi connectivity index (χ0v) is 41.1. The van der Waals surface area contributed by atoms with Gasteiger partial charge in [0.1, 0.15) is 17.2 Å². The van der Waals surface area contributed by atoms with Gasteiger partial charge in [-0.25, -0.2) is 0 Å². The van der Waals surface area contributed by atoms with Crippen molar-refractivity contribution in [2.24, 2.45) is 0 Å². The van der Waals surface area contributed by atoms with Gasteiger partial charge in [-0.3, -0.25) is 9.59 Å². The predicted octanol–water partition coefficient (Wildman–Crippen LogP) is 19.0. The Hall–Kier alpha value is -3.08. The minimum atomic E-state index is -0.261. The number of hydrogen-bond donors (Lipinski definition) is 1. The smallest absolute Gasteiger partial charge is 0.311 e. The van der Waals surface area contributed by atoms with Crippen molar-refractivity contribution in [1.82, 2.24) is 0 Å². The van der Waals surface area contributed by atoms with Crippen molar-refractivity contribution in [3.8, 4) is 17.2 Å². The van der Waals surface area contributed by atoms with E-state index in [-0.39, 0.29) is 17.7 Å². The van der Waals surface area contributed by atoms with E-state index in [0.717, 1.165) is 43.2 Å². The van der Waals surface area contributed by atoms with Gasteiger partial charge < -0.3 is 14.6 Å². The fourth-order valence-electron chi connectivity index (χ4n) is 8.66. The molecule has 0 amide bonds. The average Bonchev–Trinajstić information content (AvgIpc) is 3.27. The Balaban J connectivity index is 1.45. The van der Waals surface area contributed by atoms with Gasteiger partial charge in [-0.1, -0.05) is 269 Å². The summed E-state index contributed by atoms with van der Waals surface area (Å²) in [4.78, 5) is 25.0. The molecule has 0 spiro atoms. The fourth-order valence-corrected chi connectivity index (χ4v) is 8.66. The number of carbonyl (C=O) groups is 2. The lowest BCUT2D eigenvalue weighted by Crippen LogP contribution is -2.07. The van der Waals surface area contributed by atoms with Gasteiger partial charge in [0.15, 0.2) is 0 Å². The highest BCUT2D eigenvalue weighted by atomic mass is 16.5. The van der Waals surface area contributed by atoms with E-state index < -0.39 is 0 Å². The summed E-state index contributed by atoms with van der Waals surface area (Å²) in [5.41, 5.74) is 1.66. The molecule has 358 valence electrons. The van der Waals surface area contributed by atoms with Crippen LogP contribution in [0.3, 0.4) is 0 Å². The molecule has 0 aromatic heterocycles. The van der Waals surface area contributed by atoms with E-state index in [9.17, 15) is 14.7 Å². The zero-order chi connectivity index (χ0) is 45.1. The molecule has 0 aliphatic carbocycles. The van der Waals surface area contributed by atoms with Gasteiger partial charge >= 0.3 is 11.9 Å². The number of hydrogen-bond acceptors (Lipinski definition) is 5. The minimum Gasteiger partial charge on any atom is -0.508 e. The van der Waals surface area contributed by atoms with E-state index in [1.165, 1.54) is 218 Å². The molecular weight excluding hydrogens is 777 g/mol. The molecule has 0 aliphatic heterocycles. The van der Waals surface area contributed by atoms with Crippen molar-refractivity contribution in [2.45, 2.75) is 271 Å². The van der Waals surface area contributed by atoms with E-state index in [2.05, 4.69) is 13.8 Å². The van der Waals surface area contributed by atoms with Crippen molar-refractivity contribution >= 4 is 24.1 Å². The second-order valence-corrected chi connectivity index (χ2v) is 18.8. The summed E-state index contributed by atoms with van der Waals surface area (Å²) in [5, 5.41) is 10.3. The van der Waals surface area contributed by atoms with Crippen LogP contribution < -0.4 is 9.47 Å². The molecular formula is C58H96O5. The van der Waals surface area contributed by atoms with Gasteiger partial charge in [0.2, 0.25) is 0 Å². The van der Waals surface area contributed by atoms with Crippen LogP contribution in [-0.2, 0) is 9.59 Å². The molecule has 0 aliphatic rings. The first-order chi connectivity index (χ1) is 31.0. The lowest BCUT2D eigenvalue weighted by atomic mass is 10.0. The highest BCUT2D eigenvalue weighted by molar-refractivity contribution is 5.75. The van der Waals surface area contributed by atoms with E-state index >= 15 is 0 Å². The van der Waals surface area contributed by atoms with Gasteiger partial charge in [0, 0.05) is 18.9 Å². The number of unbranched alkanes of at least 4 members (excludes halogenated alkanes) is 36. The Kier molecular flexibility index (Phi) is 37.0. The minimum absolute atomic E-state index is 0.0516. The normalized spacial score (nSPS) is 11.5. The Morgan fingerprint density at radius 3 is 0.984 bits per heavy atom. The van der Waals surface area contributed by atoms with Crippen LogP contribution in [0.4, 0.5) is 0 Å². The first kappa shape index (κ1) is 56.1. The summed E-state index contributed by atoms with van der Waals surface area (Å²) in [6, 6.07) is 12.3. The molecule has 0 atom stereocenters. The molecule has 0 fully saturated rings. The second-order valence-electron chi connectivity index (χ2n) is 18.8. The molecule has 1 N–H and O–H groups in total. The van der Waals surface area contributed by atoms with E-state index in [4.69, 9.17) is 9.47 Å². The fraction of sp³-hybridized carbons (Fsp3) is 0.724. The molecule has 5 nitrogen and oxygen atoms in total. The van der Waals surface area contributed by atoms with Gasteiger partial charge in [-0.15, -0.1) is 0 Å². The van der Waals surface area contributed by atoms with Crippen LogP contribution in [0.15, 0.2) is 42.5 Å². The summed E-state index contributed by atoms with van der Waals surface area (Å²) in [7, 11) is 0. The first-order valence-electron chi connectivity index (χ1n) is 27.0. The third-order valence-electron chi connectivity index (χ3n) is 12.7. The van der Waals surface area contributed by atoms with E-state index in [1.807, 2.05) is 36.4 Å². The summed E-state index contributed by atoms with van der Waals surface area (Å²) >= 11 is 0. The third kappa shape index (κ3) is 34.9. The Morgan fingerprint density at radius 1 is 0.365 bits per heavy atom. The third-order valence-corrected chi connectivity index (χ3v) is 12.7. The van der Waals surface area contributed by atoms with E-state index in [0.29, 0.717) is 24.3 Å². The maximum Gasteiger partial charge on any atom is 0.311 e. The summed E-state index contributed by atoms with van der Waals surface area (Å²) < 4.78 is 11.2. The quantitative estimate of drug-likeness (QED) is 0.0311. The number of benzene rings is 2. The molecule has 0 saturated carbocycles. The Morgan fingerprint density at radius 2 is 0.651 bits per heavy atom. The van der Waals surface area contributed by atoms with Crippen molar-refractivity contribution in [3.05, 3.63) is 53.6 Å². The first-order valence-corrected chi connectivity index (χ1v) is 27.0. The van der Waals surface area contributed by atoms with Crippen LogP contribution in [0.2, 0.25) is 0 Å². The van der Waals surface area contributed by atoms with Crippen LogP contribution in [-0.4, -0.2) is 17.0 Å². The average molecular weight is 873 g/mol. The molecule has 0 unspecified atom stereocenters. The predicted molar refractivity (Wildman–Crippen MR) is 271 cm³/mol. The van der Waals surface area contributed by atoms with Crippen molar-refractivity contribution in [1.29, 1.82) is 0 Å². The Bertz CT molecular complexity index is 1380. The van der Waals surface area contributed by atoms with Crippen molar-refractivity contribution in [3.63, 3.8) is 0 Å². The summed E-state index contributed by atoms with van der Waals surface area (Å²) in [6.07, 6.45) is 55.2. The maximum atomic E-state index is 12.5.